The van der Waals surface area contributed by atoms with Crippen molar-refractivity contribution < 1.29 is 9.53 Å². The van der Waals surface area contributed by atoms with Crippen LogP contribution in [0.1, 0.15) is 16.1 Å². The normalized spacial score (nSPS) is 10.3. The van der Waals surface area contributed by atoms with Gasteiger partial charge < -0.3 is 10.5 Å². The SMILES string of the molecule is COC(=O)c1nc(-c2ccc(Br)cc2)nc(N)c1C. The maximum Gasteiger partial charge on any atom is 0.357 e. The molecule has 5 nitrogen and oxygen atoms in total. The molecule has 6 heteroatoms. The van der Waals surface area contributed by atoms with Crippen LogP contribution in [0.5, 0.6) is 0 Å². The van der Waals surface area contributed by atoms with Gasteiger partial charge in [0.05, 0.1) is 7.11 Å². The number of methoxy groups -OCH3 is 1. The van der Waals surface area contributed by atoms with Crippen molar-refractivity contribution in [2.24, 2.45) is 0 Å². The van der Waals surface area contributed by atoms with E-state index < -0.39 is 5.97 Å². The van der Waals surface area contributed by atoms with Gasteiger partial charge in [-0.05, 0) is 19.1 Å². The van der Waals surface area contributed by atoms with Crippen LogP contribution in [0, 0.1) is 6.92 Å². The van der Waals surface area contributed by atoms with E-state index in [1.807, 2.05) is 24.3 Å². The number of rotatable bonds is 2. The Bertz CT molecular complexity index is 627. The average molecular weight is 322 g/mol. The minimum atomic E-state index is -0.523. The highest BCUT2D eigenvalue weighted by Crippen LogP contribution is 2.22. The highest BCUT2D eigenvalue weighted by atomic mass is 79.9. The highest BCUT2D eigenvalue weighted by Gasteiger charge is 2.16. The lowest BCUT2D eigenvalue weighted by molar-refractivity contribution is 0.0593. The molecule has 0 bridgehead atoms. The number of ether oxygens (including phenoxy) is 1. The number of benzene rings is 1. The summed E-state index contributed by atoms with van der Waals surface area (Å²) in [6.07, 6.45) is 0. The first-order valence-electron chi connectivity index (χ1n) is 5.51. The molecule has 0 spiro atoms. The molecule has 0 amide bonds. The van der Waals surface area contributed by atoms with E-state index in [1.165, 1.54) is 7.11 Å². The molecule has 0 saturated carbocycles. The molecule has 0 atom stereocenters. The number of nitrogen functional groups attached to an aromatic ring is 1. The summed E-state index contributed by atoms with van der Waals surface area (Å²) in [5.41, 5.74) is 7.30. The molecule has 1 aromatic heterocycles. The Balaban J connectivity index is 2.56. The second-order valence-corrected chi connectivity index (χ2v) is 4.82. The third-order valence-corrected chi connectivity index (χ3v) is 3.19. The van der Waals surface area contributed by atoms with Gasteiger partial charge in [0.2, 0.25) is 0 Å². The molecule has 2 N–H and O–H groups in total. The molecule has 1 heterocycles. The molecule has 98 valence electrons. The lowest BCUT2D eigenvalue weighted by Crippen LogP contribution is -2.11. The van der Waals surface area contributed by atoms with Gasteiger partial charge in [-0.1, -0.05) is 28.1 Å². The van der Waals surface area contributed by atoms with Crippen LogP contribution in [-0.4, -0.2) is 23.0 Å². The van der Waals surface area contributed by atoms with E-state index in [1.54, 1.807) is 6.92 Å². The molecule has 0 aliphatic carbocycles. The fourth-order valence-electron chi connectivity index (χ4n) is 1.56. The zero-order valence-corrected chi connectivity index (χ0v) is 12.1. The van der Waals surface area contributed by atoms with Gasteiger partial charge in [-0.15, -0.1) is 0 Å². The second kappa shape index (κ2) is 5.36. The number of hydrogen-bond acceptors (Lipinski definition) is 5. The van der Waals surface area contributed by atoms with Gasteiger partial charge in [0.1, 0.15) is 5.82 Å². The van der Waals surface area contributed by atoms with Crippen molar-refractivity contribution in [2.75, 3.05) is 12.8 Å². The Morgan fingerprint density at radius 1 is 1.26 bits per heavy atom. The van der Waals surface area contributed by atoms with Crippen molar-refractivity contribution in [1.29, 1.82) is 0 Å². The van der Waals surface area contributed by atoms with Crippen molar-refractivity contribution >= 4 is 27.7 Å². The molecule has 2 rings (SSSR count). The maximum absolute atomic E-state index is 11.6. The first-order chi connectivity index (χ1) is 9.02. The summed E-state index contributed by atoms with van der Waals surface area (Å²) >= 11 is 3.35. The molecule has 0 aliphatic heterocycles. The van der Waals surface area contributed by atoms with E-state index in [4.69, 9.17) is 5.73 Å². The number of nitrogens with two attached hydrogens (primary N) is 1. The molecule has 0 unspecified atom stereocenters. The summed E-state index contributed by atoms with van der Waals surface area (Å²) in [6, 6.07) is 7.42. The molecule has 2 aromatic rings. The zero-order chi connectivity index (χ0) is 14.0. The smallest absolute Gasteiger partial charge is 0.357 e. The number of halogens is 1. The number of esters is 1. The van der Waals surface area contributed by atoms with E-state index in [-0.39, 0.29) is 11.5 Å². The predicted molar refractivity (Wildman–Crippen MR) is 75.7 cm³/mol. The largest absolute Gasteiger partial charge is 0.464 e. The number of aromatic nitrogens is 2. The summed E-state index contributed by atoms with van der Waals surface area (Å²) in [4.78, 5) is 20.1. The van der Waals surface area contributed by atoms with Crippen molar-refractivity contribution in [1.82, 2.24) is 9.97 Å². The lowest BCUT2D eigenvalue weighted by atomic mass is 10.2. The minimum Gasteiger partial charge on any atom is -0.464 e. The van der Waals surface area contributed by atoms with Gasteiger partial charge in [0.25, 0.3) is 0 Å². The van der Waals surface area contributed by atoms with Gasteiger partial charge in [-0.2, -0.15) is 0 Å². The van der Waals surface area contributed by atoms with E-state index in [9.17, 15) is 4.79 Å². The third-order valence-electron chi connectivity index (χ3n) is 2.66. The van der Waals surface area contributed by atoms with E-state index >= 15 is 0 Å². The standard InChI is InChI=1S/C13H12BrN3O2/c1-7-10(13(18)19-2)16-12(17-11(7)15)8-3-5-9(14)6-4-8/h3-6H,1-2H3,(H2,15,16,17). The molecule has 0 saturated heterocycles. The van der Waals surface area contributed by atoms with Crippen LogP contribution in [0.2, 0.25) is 0 Å². The van der Waals surface area contributed by atoms with Gasteiger partial charge in [-0.25, -0.2) is 14.8 Å². The van der Waals surface area contributed by atoms with Crippen LogP contribution < -0.4 is 5.73 Å². The molecule has 1 aromatic carbocycles. The summed E-state index contributed by atoms with van der Waals surface area (Å²) in [7, 11) is 1.30. The molecule has 0 fully saturated rings. The highest BCUT2D eigenvalue weighted by molar-refractivity contribution is 9.10. The van der Waals surface area contributed by atoms with Crippen LogP contribution in [0.15, 0.2) is 28.7 Å². The second-order valence-electron chi connectivity index (χ2n) is 3.90. The van der Waals surface area contributed by atoms with Crippen LogP contribution in [-0.2, 0) is 4.74 Å². The number of nitrogens with zero attached hydrogens (tertiary/aromatic N) is 2. The van der Waals surface area contributed by atoms with E-state index in [0.29, 0.717) is 11.4 Å². The molecule has 19 heavy (non-hydrogen) atoms. The Morgan fingerprint density at radius 2 is 1.89 bits per heavy atom. The van der Waals surface area contributed by atoms with Crippen molar-refractivity contribution in [3.8, 4) is 11.4 Å². The summed E-state index contributed by atoms with van der Waals surface area (Å²) in [5.74, 6) is 0.147. The van der Waals surface area contributed by atoms with Crippen molar-refractivity contribution in [3.63, 3.8) is 0 Å². The van der Waals surface area contributed by atoms with Gasteiger partial charge in [0.15, 0.2) is 11.5 Å². The van der Waals surface area contributed by atoms with Gasteiger partial charge in [-0.3, -0.25) is 0 Å². The monoisotopic (exact) mass is 321 g/mol. The molecule has 0 radical (unpaired) electrons. The minimum absolute atomic E-state index is 0.188. The predicted octanol–water partition coefficient (Wildman–Crippen LogP) is 2.58. The fraction of sp³-hybridized carbons (Fsp3) is 0.154. The molecular weight excluding hydrogens is 310 g/mol. The first kappa shape index (κ1) is 13.5. The summed E-state index contributed by atoms with van der Waals surface area (Å²) in [5, 5.41) is 0. The van der Waals surface area contributed by atoms with Gasteiger partial charge >= 0.3 is 5.97 Å². The Hall–Kier alpha value is -1.95. The van der Waals surface area contributed by atoms with Crippen LogP contribution in [0.4, 0.5) is 5.82 Å². The molecule has 0 aliphatic rings. The zero-order valence-electron chi connectivity index (χ0n) is 10.5. The average Bonchev–Trinajstić information content (AvgIpc) is 2.41. The van der Waals surface area contributed by atoms with Crippen molar-refractivity contribution in [2.45, 2.75) is 6.92 Å². The summed E-state index contributed by atoms with van der Waals surface area (Å²) < 4.78 is 5.64. The van der Waals surface area contributed by atoms with Crippen LogP contribution >= 0.6 is 15.9 Å². The third kappa shape index (κ3) is 2.73. The number of carbonyl (C=O) groups is 1. The first-order valence-corrected chi connectivity index (χ1v) is 6.30. The van der Waals surface area contributed by atoms with E-state index in [2.05, 4.69) is 30.6 Å². The van der Waals surface area contributed by atoms with E-state index in [0.717, 1.165) is 10.0 Å². The van der Waals surface area contributed by atoms with Crippen LogP contribution in [0.3, 0.4) is 0 Å². The lowest BCUT2D eigenvalue weighted by Gasteiger charge is -2.08. The topological polar surface area (TPSA) is 78.1 Å². The Morgan fingerprint density at radius 3 is 2.47 bits per heavy atom. The quantitative estimate of drug-likeness (QED) is 0.860. The maximum atomic E-state index is 11.6. The Kier molecular flexibility index (Phi) is 3.80. The number of anilines is 1. The molecular formula is C13H12BrN3O2. The van der Waals surface area contributed by atoms with Crippen molar-refractivity contribution in [3.05, 3.63) is 40.0 Å². The fourth-order valence-corrected chi connectivity index (χ4v) is 1.82. The number of hydrogen-bond donors (Lipinski definition) is 1. The number of carbonyl (C=O) groups excluding carboxylic acids is 1. The van der Waals surface area contributed by atoms with Crippen LogP contribution in [0.25, 0.3) is 11.4 Å². The Labute approximate surface area is 119 Å². The van der Waals surface area contributed by atoms with Gasteiger partial charge in [0, 0.05) is 15.6 Å². The summed E-state index contributed by atoms with van der Waals surface area (Å²) in [6.45, 7) is 1.69.